The Balaban J connectivity index is 1.82. The second-order valence-corrected chi connectivity index (χ2v) is 6.48. The first kappa shape index (κ1) is 18.7. The second kappa shape index (κ2) is 8.55. The van der Waals surface area contributed by atoms with E-state index in [4.69, 9.17) is 9.47 Å². The van der Waals surface area contributed by atoms with Gasteiger partial charge in [-0.3, -0.25) is 9.59 Å². The first-order valence-electron chi connectivity index (χ1n) is 8.30. The monoisotopic (exact) mass is 383 g/mol. The number of carbonyl (C=O) groups excluding carboxylic acids is 3. The van der Waals surface area contributed by atoms with Crippen LogP contribution < -0.4 is 9.64 Å². The summed E-state index contributed by atoms with van der Waals surface area (Å²) in [6.07, 6.45) is 1.59. The van der Waals surface area contributed by atoms with E-state index in [0.29, 0.717) is 17.0 Å². The first-order chi connectivity index (χ1) is 13.1. The van der Waals surface area contributed by atoms with Crippen molar-refractivity contribution in [2.24, 2.45) is 0 Å². The lowest BCUT2D eigenvalue weighted by molar-refractivity contribution is -0.145. The summed E-state index contributed by atoms with van der Waals surface area (Å²) >= 11 is 0.864. The third-order valence-corrected chi connectivity index (χ3v) is 4.53. The third-order valence-electron chi connectivity index (χ3n) is 3.66. The largest absolute Gasteiger partial charge is 0.481 e. The summed E-state index contributed by atoms with van der Waals surface area (Å²) in [7, 11) is 0. The van der Waals surface area contributed by atoms with Gasteiger partial charge in [-0.05, 0) is 43.0 Å². The van der Waals surface area contributed by atoms with Crippen LogP contribution in [0.15, 0.2) is 59.5 Å². The van der Waals surface area contributed by atoms with Crippen LogP contribution in [0, 0.1) is 0 Å². The first-order valence-corrected chi connectivity index (χ1v) is 9.12. The van der Waals surface area contributed by atoms with Crippen molar-refractivity contribution >= 4 is 40.6 Å². The third kappa shape index (κ3) is 4.38. The summed E-state index contributed by atoms with van der Waals surface area (Å²) in [6, 6.07) is 15.7. The van der Waals surface area contributed by atoms with Gasteiger partial charge in [0, 0.05) is 5.56 Å². The number of thioether (sulfide) groups is 1. The maximum Gasteiger partial charge on any atom is 0.344 e. The molecule has 1 aliphatic rings. The summed E-state index contributed by atoms with van der Waals surface area (Å²) in [4.78, 5) is 37.9. The number of carbonyl (C=O) groups is 3. The molecule has 0 aromatic heterocycles. The van der Waals surface area contributed by atoms with E-state index in [2.05, 4.69) is 0 Å². The molecular formula is C20H17NO5S. The average Bonchev–Trinajstić information content (AvgIpc) is 2.95. The maximum absolute atomic E-state index is 12.7. The van der Waals surface area contributed by atoms with Crippen LogP contribution in [-0.4, -0.2) is 30.3 Å². The standard InChI is InChI=1S/C20H17NO5S/c1-2-25-18(22)13-26-16-11-7-6-8-14(16)12-17-19(23)21(20(24)27-17)15-9-4-3-5-10-15/h3-12H,2,13H2,1H3/b17-12-. The second-order valence-electron chi connectivity index (χ2n) is 5.48. The van der Waals surface area contributed by atoms with Gasteiger partial charge in [0.25, 0.3) is 11.1 Å². The van der Waals surface area contributed by atoms with E-state index < -0.39 is 11.9 Å². The molecule has 0 saturated carbocycles. The molecule has 1 fully saturated rings. The zero-order valence-corrected chi connectivity index (χ0v) is 15.4. The smallest absolute Gasteiger partial charge is 0.344 e. The molecule has 138 valence electrons. The molecule has 1 saturated heterocycles. The number of rotatable bonds is 6. The number of hydrogen-bond acceptors (Lipinski definition) is 6. The SMILES string of the molecule is CCOC(=O)COc1ccccc1/C=C1\SC(=O)N(c2ccccc2)C1=O. The summed E-state index contributed by atoms with van der Waals surface area (Å²) in [5, 5.41) is -0.359. The van der Waals surface area contributed by atoms with Gasteiger partial charge >= 0.3 is 5.97 Å². The van der Waals surface area contributed by atoms with Crippen LogP contribution in [-0.2, 0) is 14.3 Å². The van der Waals surface area contributed by atoms with Gasteiger partial charge in [0.1, 0.15) is 5.75 Å². The van der Waals surface area contributed by atoms with E-state index in [1.54, 1.807) is 61.5 Å². The van der Waals surface area contributed by atoms with Crippen LogP contribution >= 0.6 is 11.8 Å². The molecule has 2 amide bonds. The Hall–Kier alpha value is -3.06. The molecule has 0 spiro atoms. The van der Waals surface area contributed by atoms with Crippen molar-refractivity contribution < 1.29 is 23.9 Å². The molecule has 1 aliphatic heterocycles. The van der Waals surface area contributed by atoms with E-state index in [-0.39, 0.29) is 23.4 Å². The number of imide groups is 1. The van der Waals surface area contributed by atoms with Crippen molar-refractivity contribution in [3.05, 3.63) is 65.1 Å². The molecular weight excluding hydrogens is 366 g/mol. The van der Waals surface area contributed by atoms with Crippen molar-refractivity contribution in [3.8, 4) is 5.75 Å². The number of nitrogens with zero attached hydrogens (tertiary/aromatic N) is 1. The number of esters is 1. The van der Waals surface area contributed by atoms with E-state index in [1.165, 1.54) is 0 Å². The fraction of sp³-hybridized carbons (Fsp3) is 0.150. The average molecular weight is 383 g/mol. The Morgan fingerprint density at radius 3 is 2.52 bits per heavy atom. The maximum atomic E-state index is 12.7. The highest BCUT2D eigenvalue weighted by atomic mass is 32.2. The Kier molecular flexibility index (Phi) is 5.93. The summed E-state index contributed by atoms with van der Waals surface area (Å²) in [6.45, 7) is 1.76. The predicted molar refractivity (Wildman–Crippen MR) is 103 cm³/mol. The summed E-state index contributed by atoms with van der Waals surface area (Å²) in [5.74, 6) is -0.440. The fourth-order valence-corrected chi connectivity index (χ4v) is 3.31. The molecule has 3 rings (SSSR count). The van der Waals surface area contributed by atoms with Gasteiger partial charge in [0.15, 0.2) is 6.61 Å². The Labute approximate surface area is 160 Å². The number of para-hydroxylation sites is 2. The van der Waals surface area contributed by atoms with Crippen molar-refractivity contribution in [1.82, 2.24) is 0 Å². The molecule has 0 N–H and O–H groups in total. The predicted octanol–water partition coefficient (Wildman–Crippen LogP) is 3.87. The highest BCUT2D eigenvalue weighted by Gasteiger charge is 2.36. The summed E-state index contributed by atoms with van der Waals surface area (Å²) < 4.78 is 10.3. The lowest BCUT2D eigenvalue weighted by Crippen LogP contribution is -2.27. The van der Waals surface area contributed by atoms with Gasteiger partial charge in [-0.2, -0.15) is 0 Å². The molecule has 0 bridgehead atoms. The van der Waals surface area contributed by atoms with Crippen molar-refractivity contribution in [2.45, 2.75) is 6.92 Å². The van der Waals surface area contributed by atoms with Crippen molar-refractivity contribution in [1.29, 1.82) is 0 Å². The van der Waals surface area contributed by atoms with E-state index in [0.717, 1.165) is 16.7 Å². The van der Waals surface area contributed by atoms with Crippen LogP contribution in [0.5, 0.6) is 5.75 Å². The van der Waals surface area contributed by atoms with Gasteiger partial charge in [-0.15, -0.1) is 0 Å². The van der Waals surface area contributed by atoms with Gasteiger partial charge in [-0.1, -0.05) is 36.4 Å². The lowest BCUT2D eigenvalue weighted by Gasteiger charge is -2.12. The van der Waals surface area contributed by atoms with Gasteiger partial charge in [-0.25, -0.2) is 9.69 Å². The molecule has 0 atom stereocenters. The number of ether oxygens (including phenoxy) is 2. The van der Waals surface area contributed by atoms with Crippen LogP contribution in [0.1, 0.15) is 12.5 Å². The molecule has 2 aromatic carbocycles. The summed E-state index contributed by atoms with van der Waals surface area (Å²) in [5.41, 5.74) is 1.12. The molecule has 0 radical (unpaired) electrons. The molecule has 1 heterocycles. The van der Waals surface area contributed by atoms with Crippen LogP contribution in [0.3, 0.4) is 0 Å². The highest BCUT2D eigenvalue weighted by Crippen LogP contribution is 2.36. The van der Waals surface area contributed by atoms with E-state index >= 15 is 0 Å². The highest BCUT2D eigenvalue weighted by molar-refractivity contribution is 8.19. The molecule has 0 unspecified atom stereocenters. The van der Waals surface area contributed by atoms with Crippen LogP contribution in [0.25, 0.3) is 6.08 Å². The number of benzene rings is 2. The lowest BCUT2D eigenvalue weighted by atomic mass is 10.2. The Bertz CT molecular complexity index is 894. The fourth-order valence-electron chi connectivity index (χ4n) is 2.48. The van der Waals surface area contributed by atoms with Crippen molar-refractivity contribution in [2.75, 3.05) is 18.1 Å². The van der Waals surface area contributed by atoms with Crippen molar-refractivity contribution in [3.63, 3.8) is 0 Å². The van der Waals surface area contributed by atoms with E-state index in [1.807, 2.05) is 6.07 Å². The quantitative estimate of drug-likeness (QED) is 0.557. The molecule has 7 heteroatoms. The topological polar surface area (TPSA) is 72.9 Å². The Morgan fingerprint density at radius 2 is 1.78 bits per heavy atom. The minimum atomic E-state index is -0.475. The van der Waals surface area contributed by atoms with Crippen LogP contribution in [0.4, 0.5) is 10.5 Å². The zero-order valence-electron chi connectivity index (χ0n) is 14.6. The number of hydrogen-bond donors (Lipinski definition) is 0. The normalized spacial score (nSPS) is 15.3. The number of anilines is 1. The minimum absolute atomic E-state index is 0.232. The molecule has 0 aliphatic carbocycles. The van der Waals surface area contributed by atoms with Gasteiger partial charge < -0.3 is 9.47 Å². The van der Waals surface area contributed by atoms with Gasteiger partial charge in [0.05, 0.1) is 17.2 Å². The molecule has 6 nitrogen and oxygen atoms in total. The molecule has 27 heavy (non-hydrogen) atoms. The molecule has 2 aromatic rings. The van der Waals surface area contributed by atoms with Crippen LogP contribution in [0.2, 0.25) is 0 Å². The van der Waals surface area contributed by atoms with Gasteiger partial charge in [0.2, 0.25) is 0 Å². The zero-order chi connectivity index (χ0) is 19.2. The minimum Gasteiger partial charge on any atom is -0.481 e. The Morgan fingerprint density at radius 1 is 1.07 bits per heavy atom. The van der Waals surface area contributed by atoms with E-state index in [9.17, 15) is 14.4 Å². The number of amides is 2.